The smallest absolute Gasteiger partial charge is 0.238 e. The van der Waals surface area contributed by atoms with Crippen molar-refractivity contribution in [3.63, 3.8) is 0 Å². The van der Waals surface area contributed by atoms with Crippen molar-refractivity contribution >= 4 is 11.6 Å². The number of anilines is 1. The van der Waals surface area contributed by atoms with Gasteiger partial charge in [0.15, 0.2) is 0 Å². The molecule has 0 radical (unpaired) electrons. The number of carbonyl (C=O) groups excluding carboxylic acids is 1. The maximum Gasteiger partial charge on any atom is 0.238 e. The molecule has 128 valence electrons. The highest BCUT2D eigenvalue weighted by Crippen LogP contribution is 2.34. The van der Waals surface area contributed by atoms with Crippen LogP contribution in [0.5, 0.6) is 0 Å². The minimum atomic E-state index is 0.0276. The van der Waals surface area contributed by atoms with Crippen molar-refractivity contribution in [3.8, 4) is 0 Å². The van der Waals surface area contributed by atoms with Gasteiger partial charge in [-0.15, -0.1) is 0 Å². The predicted octanol–water partition coefficient (Wildman–Crippen LogP) is 3.42. The van der Waals surface area contributed by atoms with Gasteiger partial charge in [-0.3, -0.25) is 14.8 Å². The number of aromatic amines is 1. The van der Waals surface area contributed by atoms with Crippen molar-refractivity contribution < 1.29 is 4.79 Å². The fourth-order valence-electron chi connectivity index (χ4n) is 3.60. The monoisotopic (exact) mass is 326 g/mol. The molecule has 24 heavy (non-hydrogen) atoms. The summed E-state index contributed by atoms with van der Waals surface area (Å²) in [7, 11) is 0. The highest BCUT2D eigenvalue weighted by molar-refractivity contribution is 5.93. The maximum absolute atomic E-state index is 12.5. The van der Waals surface area contributed by atoms with Crippen molar-refractivity contribution in [2.75, 3.05) is 18.4 Å². The zero-order chi connectivity index (χ0) is 17.3. The van der Waals surface area contributed by atoms with Crippen LogP contribution in [0.4, 0.5) is 5.69 Å². The number of nitrogens with one attached hydrogen (secondary N) is 2. The van der Waals surface area contributed by atoms with E-state index in [4.69, 9.17) is 0 Å². The molecule has 5 heteroatoms. The van der Waals surface area contributed by atoms with Crippen LogP contribution in [0.3, 0.4) is 0 Å². The minimum absolute atomic E-state index is 0.0276. The maximum atomic E-state index is 12.5. The van der Waals surface area contributed by atoms with Gasteiger partial charge in [-0.2, -0.15) is 5.10 Å². The lowest BCUT2D eigenvalue weighted by Gasteiger charge is -2.26. The Morgan fingerprint density at radius 3 is 2.83 bits per heavy atom. The molecule has 1 fully saturated rings. The van der Waals surface area contributed by atoms with E-state index in [0.717, 1.165) is 36.5 Å². The van der Waals surface area contributed by atoms with E-state index >= 15 is 0 Å². The molecule has 5 nitrogen and oxygen atoms in total. The molecule has 1 aromatic heterocycles. The molecule has 3 rings (SSSR count). The summed E-state index contributed by atoms with van der Waals surface area (Å²) in [6.45, 7) is 9.53. The summed E-state index contributed by atoms with van der Waals surface area (Å²) in [5, 5.41) is 10.0. The molecule has 1 atom stereocenters. The average Bonchev–Trinajstić information content (AvgIpc) is 3.12. The zero-order valence-corrected chi connectivity index (χ0v) is 14.9. The lowest BCUT2D eigenvalue weighted by molar-refractivity contribution is -0.117. The molecule has 1 amide bonds. The normalized spacial score (nSPS) is 18.1. The quantitative estimate of drug-likeness (QED) is 0.905. The molecule has 1 aliphatic heterocycles. The Bertz CT molecular complexity index is 730. The van der Waals surface area contributed by atoms with E-state index in [0.29, 0.717) is 12.6 Å². The number of benzene rings is 1. The van der Waals surface area contributed by atoms with E-state index in [1.54, 1.807) is 0 Å². The predicted molar refractivity (Wildman–Crippen MR) is 96.2 cm³/mol. The van der Waals surface area contributed by atoms with Gasteiger partial charge in [0.25, 0.3) is 0 Å². The number of amides is 1. The van der Waals surface area contributed by atoms with Gasteiger partial charge in [-0.25, -0.2) is 0 Å². The summed E-state index contributed by atoms with van der Waals surface area (Å²) < 4.78 is 0. The Morgan fingerprint density at radius 1 is 1.33 bits per heavy atom. The van der Waals surface area contributed by atoms with Crippen molar-refractivity contribution in [1.29, 1.82) is 0 Å². The summed E-state index contributed by atoms with van der Waals surface area (Å²) >= 11 is 0. The Morgan fingerprint density at radius 2 is 2.12 bits per heavy atom. The molecule has 0 spiro atoms. The van der Waals surface area contributed by atoms with Crippen molar-refractivity contribution in [2.24, 2.45) is 0 Å². The van der Waals surface area contributed by atoms with Crippen LogP contribution >= 0.6 is 0 Å². The molecular weight excluding hydrogens is 300 g/mol. The van der Waals surface area contributed by atoms with Crippen LogP contribution in [0, 0.1) is 27.7 Å². The van der Waals surface area contributed by atoms with E-state index in [-0.39, 0.29) is 5.91 Å². The molecule has 2 heterocycles. The van der Waals surface area contributed by atoms with Gasteiger partial charge in [-0.1, -0.05) is 18.2 Å². The standard InChI is InChI=1S/C19H26N4O/c1-12-7-5-8-16(13(12)2)17-9-6-10-23(17)11-18(24)20-19-14(3)21-22-15(19)4/h5,7-8,17H,6,9-11H2,1-4H3,(H,20,24)(H,21,22)/t17-/m1/s1. The number of rotatable bonds is 4. The second kappa shape index (κ2) is 6.77. The Labute approximate surface area is 143 Å². The molecule has 0 bridgehead atoms. The van der Waals surface area contributed by atoms with Crippen LogP contribution in [0.2, 0.25) is 0 Å². The van der Waals surface area contributed by atoms with Crippen LogP contribution in [-0.2, 0) is 4.79 Å². The number of carbonyl (C=O) groups is 1. The fourth-order valence-corrected chi connectivity index (χ4v) is 3.60. The van der Waals surface area contributed by atoms with Gasteiger partial charge in [0.1, 0.15) is 0 Å². The summed E-state index contributed by atoms with van der Waals surface area (Å²) in [5.41, 5.74) is 6.55. The number of hydrogen-bond acceptors (Lipinski definition) is 3. The first-order valence-corrected chi connectivity index (χ1v) is 8.59. The van der Waals surface area contributed by atoms with Crippen LogP contribution < -0.4 is 5.32 Å². The molecule has 0 unspecified atom stereocenters. The van der Waals surface area contributed by atoms with Crippen LogP contribution in [-0.4, -0.2) is 34.1 Å². The van der Waals surface area contributed by atoms with Crippen LogP contribution in [0.25, 0.3) is 0 Å². The molecule has 1 aliphatic rings. The van der Waals surface area contributed by atoms with Crippen LogP contribution in [0.1, 0.15) is 47.0 Å². The molecule has 1 aromatic carbocycles. The molecule has 0 saturated carbocycles. The number of aromatic nitrogens is 2. The molecular formula is C19H26N4O. The summed E-state index contributed by atoms with van der Waals surface area (Å²) in [5.74, 6) is 0.0276. The van der Waals surface area contributed by atoms with Gasteiger partial charge < -0.3 is 5.32 Å². The second-order valence-corrected chi connectivity index (χ2v) is 6.77. The Hall–Kier alpha value is -2.14. The third-order valence-corrected chi connectivity index (χ3v) is 5.11. The molecule has 1 saturated heterocycles. The van der Waals surface area contributed by atoms with Crippen molar-refractivity contribution in [3.05, 3.63) is 46.3 Å². The van der Waals surface area contributed by atoms with Gasteiger partial charge in [-0.05, 0) is 63.8 Å². The number of likely N-dealkylation sites (tertiary alicyclic amines) is 1. The lowest BCUT2D eigenvalue weighted by atomic mass is 9.96. The van der Waals surface area contributed by atoms with Gasteiger partial charge >= 0.3 is 0 Å². The van der Waals surface area contributed by atoms with E-state index in [9.17, 15) is 4.79 Å². The summed E-state index contributed by atoms with van der Waals surface area (Å²) in [6, 6.07) is 6.80. The number of nitrogens with zero attached hydrogens (tertiary/aromatic N) is 2. The largest absolute Gasteiger partial charge is 0.322 e. The topological polar surface area (TPSA) is 61.0 Å². The molecule has 2 N–H and O–H groups in total. The third kappa shape index (κ3) is 3.22. The zero-order valence-electron chi connectivity index (χ0n) is 14.9. The second-order valence-electron chi connectivity index (χ2n) is 6.77. The highest BCUT2D eigenvalue weighted by Gasteiger charge is 2.29. The lowest BCUT2D eigenvalue weighted by Crippen LogP contribution is -2.33. The van der Waals surface area contributed by atoms with E-state index in [1.807, 2.05) is 13.8 Å². The van der Waals surface area contributed by atoms with E-state index < -0.39 is 0 Å². The summed E-state index contributed by atoms with van der Waals surface area (Å²) in [6.07, 6.45) is 2.25. The van der Waals surface area contributed by atoms with Gasteiger partial charge in [0.2, 0.25) is 5.91 Å². The number of H-pyrrole nitrogens is 1. The van der Waals surface area contributed by atoms with Gasteiger partial charge in [0, 0.05) is 6.04 Å². The van der Waals surface area contributed by atoms with Gasteiger partial charge in [0.05, 0.1) is 23.6 Å². The molecule has 2 aromatic rings. The fraction of sp³-hybridized carbons (Fsp3) is 0.474. The van der Waals surface area contributed by atoms with Crippen molar-refractivity contribution in [2.45, 2.75) is 46.6 Å². The SMILES string of the molecule is Cc1cccc([C@H]2CCCN2CC(=O)Nc2c(C)n[nH]c2C)c1C. The average molecular weight is 326 g/mol. The Balaban J connectivity index is 1.72. The number of aryl methyl sites for hydroxylation is 3. The van der Waals surface area contributed by atoms with Crippen molar-refractivity contribution in [1.82, 2.24) is 15.1 Å². The van der Waals surface area contributed by atoms with E-state index in [2.05, 4.69) is 52.5 Å². The third-order valence-electron chi connectivity index (χ3n) is 5.11. The summed E-state index contributed by atoms with van der Waals surface area (Å²) in [4.78, 5) is 14.8. The first-order chi connectivity index (χ1) is 11.5. The minimum Gasteiger partial charge on any atom is -0.322 e. The first-order valence-electron chi connectivity index (χ1n) is 8.59. The van der Waals surface area contributed by atoms with E-state index in [1.165, 1.54) is 16.7 Å². The molecule has 0 aliphatic carbocycles. The Kier molecular flexibility index (Phi) is 4.71. The first kappa shape index (κ1) is 16.7. The highest BCUT2D eigenvalue weighted by atomic mass is 16.2. The number of hydrogen-bond donors (Lipinski definition) is 2. The van der Waals surface area contributed by atoms with Crippen LogP contribution in [0.15, 0.2) is 18.2 Å².